The predicted octanol–water partition coefficient (Wildman–Crippen LogP) is 1.09. The number of nitrogens with zero attached hydrogens (tertiary/aromatic N) is 1. The minimum atomic E-state index is -3.33. The normalized spacial score (nSPS) is 11.9. The van der Waals surface area contributed by atoms with Crippen LogP contribution in [0.15, 0.2) is 23.4 Å². The van der Waals surface area contributed by atoms with Crippen LogP contribution in [-0.2, 0) is 9.84 Å². The quantitative estimate of drug-likeness (QED) is 0.817. The molecular formula is C9H14N2O2S. The first kappa shape index (κ1) is 11.0. The first-order valence-electron chi connectivity index (χ1n) is 4.36. The SMILES string of the molecule is CC(C)CS(=O)(=O)c1ncccc1N. The fourth-order valence-corrected chi connectivity index (χ4v) is 2.87. The van der Waals surface area contributed by atoms with Crippen molar-refractivity contribution in [3.8, 4) is 0 Å². The van der Waals surface area contributed by atoms with E-state index in [1.165, 1.54) is 6.20 Å². The van der Waals surface area contributed by atoms with Crippen molar-refractivity contribution in [2.24, 2.45) is 5.92 Å². The zero-order chi connectivity index (χ0) is 10.8. The fraction of sp³-hybridized carbons (Fsp3) is 0.444. The minimum absolute atomic E-state index is 0.00583. The van der Waals surface area contributed by atoms with Gasteiger partial charge in [0.2, 0.25) is 0 Å². The molecule has 0 atom stereocenters. The molecule has 0 radical (unpaired) electrons. The molecular weight excluding hydrogens is 200 g/mol. The van der Waals surface area contributed by atoms with Gasteiger partial charge >= 0.3 is 0 Å². The second-order valence-corrected chi connectivity index (χ2v) is 5.52. The average molecular weight is 214 g/mol. The maximum atomic E-state index is 11.7. The Hall–Kier alpha value is -1.10. The summed E-state index contributed by atoms with van der Waals surface area (Å²) in [5, 5.41) is -0.00583. The third kappa shape index (κ3) is 2.45. The molecule has 0 aliphatic heterocycles. The summed E-state index contributed by atoms with van der Waals surface area (Å²) in [5.74, 6) is 0.148. The zero-order valence-corrected chi connectivity index (χ0v) is 9.08. The lowest BCUT2D eigenvalue weighted by molar-refractivity contribution is 0.579. The maximum absolute atomic E-state index is 11.7. The van der Waals surface area contributed by atoms with Gasteiger partial charge in [0.25, 0.3) is 0 Å². The molecule has 0 bridgehead atoms. The van der Waals surface area contributed by atoms with Gasteiger partial charge in [-0.05, 0) is 18.1 Å². The van der Waals surface area contributed by atoms with E-state index in [9.17, 15) is 8.42 Å². The predicted molar refractivity (Wildman–Crippen MR) is 55.5 cm³/mol. The van der Waals surface area contributed by atoms with Gasteiger partial charge in [-0.25, -0.2) is 13.4 Å². The van der Waals surface area contributed by atoms with Crippen LogP contribution in [0.4, 0.5) is 5.69 Å². The number of nitrogens with two attached hydrogens (primary N) is 1. The second kappa shape index (κ2) is 3.96. The number of hydrogen-bond acceptors (Lipinski definition) is 4. The van der Waals surface area contributed by atoms with Crippen LogP contribution in [0, 0.1) is 5.92 Å². The molecule has 0 saturated carbocycles. The lowest BCUT2D eigenvalue weighted by Gasteiger charge is -2.07. The molecule has 4 nitrogen and oxygen atoms in total. The topological polar surface area (TPSA) is 73.0 Å². The summed E-state index contributed by atoms with van der Waals surface area (Å²) in [6.07, 6.45) is 1.43. The van der Waals surface area contributed by atoms with Crippen molar-refractivity contribution in [1.29, 1.82) is 0 Å². The number of aromatic nitrogens is 1. The van der Waals surface area contributed by atoms with E-state index in [0.29, 0.717) is 0 Å². The summed E-state index contributed by atoms with van der Waals surface area (Å²) < 4.78 is 23.4. The Balaban J connectivity index is 3.11. The molecule has 14 heavy (non-hydrogen) atoms. The van der Waals surface area contributed by atoms with Crippen LogP contribution in [0.2, 0.25) is 0 Å². The maximum Gasteiger partial charge on any atom is 0.197 e. The largest absolute Gasteiger partial charge is 0.396 e. The number of hydrogen-bond donors (Lipinski definition) is 1. The summed E-state index contributed by atoms with van der Waals surface area (Å²) in [6, 6.07) is 3.16. The summed E-state index contributed by atoms with van der Waals surface area (Å²) in [6.45, 7) is 3.69. The Kier molecular flexibility index (Phi) is 3.10. The number of nitrogen functional groups attached to an aromatic ring is 1. The van der Waals surface area contributed by atoms with Gasteiger partial charge in [-0.1, -0.05) is 13.8 Å². The van der Waals surface area contributed by atoms with Crippen LogP contribution < -0.4 is 5.73 Å². The molecule has 1 rings (SSSR count). The highest BCUT2D eigenvalue weighted by molar-refractivity contribution is 7.91. The number of anilines is 1. The van der Waals surface area contributed by atoms with Crippen LogP contribution in [0.1, 0.15) is 13.8 Å². The molecule has 0 aromatic carbocycles. The summed E-state index contributed by atoms with van der Waals surface area (Å²) in [5.41, 5.74) is 5.76. The molecule has 0 saturated heterocycles. The van der Waals surface area contributed by atoms with E-state index in [-0.39, 0.29) is 22.4 Å². The average Bonchev–Trinajstić information content (AvgIpc) is 2.02. The van der Waals surface area contributed by atoms with Crippen molar-refractivity contribution < 1.29 is 8.42 Å². The standard InChI is InChI=1S/C9H14N2O2S/c1-7(2)6-14(12,13)9-8(10)4-3-5-11-9/h3-5,7H,6,10H2,1-2H3. The van der Waals surface area contributed by atoms with Gasteiger partial charge in [0.15, 0.2) is 14.9 Å². The molecule has 5 heteroatoms. The van der Waals surface area contributed by atoms with E-state index in [0.717, 1.165) is 0 Å². The van der Waals surface area contributed by atoms with Gasteiger partial charge in [0.05, 0.1) is 11.4 Å². The molecule has 1 aromatic heterocycles. The molecule has 78 valence electrons. The van der Waals surface area contributed by atoms with Gasteiger partial charge in [-0.2, -0.15) is 0 Å². The van der Waals surface area contributed by atoms with Gasteiger partial charge in [-0.15, -0.1) is 0 Å². The number of sulfone groups is 1. The Morgan fingerprint density at radius 1 is 1.50 bits per heavy atom. The zero-order valence-electron chi connectivity index (χ0n) is 8.27. The minimum Gasteiger partial charge on any atom is -0.396 e. The van der Waals surface area contributed by atoms with E-state index < -0.39 is 9.84 Å². The summed E-state index contributed by atoms with van der Waals surface area (Å²) in [4.78, 5) is 3.79. The number of pyridine rings is 1. The van der Waals surface area contributed by atoms with Crippen molar-refractivity contribution in [3.63, 3.8) is 0 Å². The van der Waals surface area contributed by atoms with Crippen molar-refractivity contribution in [2.45, 2.75) is 18.9 Å². The Bertz CT molecular complexity index is 413. The van der Waals surface area contributed by atoms with Crippen LogP contribution in [-0.4, -0.2) is 19.2 Å². The fourth-order valence-electron chi connectivity index (χ4n) is 1.18. The smallest absolute Gasteiger partial charge is 0.197 e. The lowest BCUT2D eigenvalue weighted by atomic mass is 10.3. The van der Waals surface area contributed by atoms with Crippen molar-refractivity contribution in [3.05, 3.63) is 18.3 Å². The molecule has 0 aliphatic rings. The van der Waals surface area contributed by atoms with E-state index >= 15 is 0 Å². The molecule has 2 N–H and O–H groups in total. The summed E-state index contributed by atoms with van der Waals surface area (Å²) >= 11 is 0. The number of rotatable bonds is 3. The Morgan fingerprint density at radius 2 is 2.14 bits per heavy atom. The lowest BCUT2D eigenvalue weighted by Crippen LogP contribution is -2.15. The van der Waals surface area contributed by atoms with E-state index in [4.69, 9.17) is 5.73 Å². The van der Waals surface area contributed by atoms with Gasteiger partial charge in [-0.3, -0.25) is 0 Å². The monoisotopic (exact) mass is 214 g/mol. The third-order valence-corrected chi connectivity index (χ3v) is 3.68. The van der Waals surface area contributed by atoms with E-state index in [1.807, 2.05) is 13.8 Å². The highest BCUT2D eigenvalue weighted by Gasteiger charge is 2.20. The molecule has 0 fully saturated rings. The van der Waals surface area contributed by atoms with Crippen LogP contribution >= 0.6 is 0 Å². The van der Waals surface area contributed by atoms with Gasteiger partial charge < -0.3 is 5.73 Å². The van der Waals surface area contributed by atoms with Gasteiger partial charge in [0, 0.05) is 6.20 Å². The van der Waals surface area contributed by atoms with Gasteiger partial charge in [0.1, 0.15) is 0 Å². The second-order valence-electron chi connectivity index (χ2n) is 3.57. The first-order valence-corrected chi connectivity index (χ1v) is 6.02. The molecule has 0 aliphatic carbocycles. The molecule has 0 amide bonds. The third-order valence-electron chi connectivity index (χ3n) is 1.65. The molecule has 1 aromatic rings. The van der Waals surface area contributed by atoms with Crippen LogP contribution in [0.3, 0.4) is 0 Å². The Morgan fingerprint density at radius 3 is 2.64 bits per heavy atom. The molecule has 1 heterocycles. The van der Waals surface area contributed by atoms with Crippen molar-refractivity contribution in [2.75, 3.05) is 11.5 Å². The highest BCUT2D eigenvalue weighted by Crippen LogP contribution is 2.17. The van der Waals surface area contributed by atoms with E-state index in [1.54, 1.807) is 12.1 Å². The van der Waals surface area contributed by atoms with Crippen LogP contribution in [0.25, 0.3) is 0 Å². The van der Waals surface area contributed by atoms with E-state index in [2.05, 4.69) is 4.98 Å². The van der Waals surface area contributed by atoms with Crippen LogP contribution in [0.5, 0.6) is 0 Å². The van der Waals surface area contributed by atoms with Crippen molar-refractivity contribution >= 4 is 15.5 Å². The van der Waals surface area contributed by atoms with Crippen molar-refractivity contribution in [1.82, 2.24) is 4.98 Å². The molecule has 0 spiro atoms. The first-order chi connectivity index (χ1) is 6.43. The summed E-state index contributed by atoms with van der Waals surface area (Å²) in [7, 11) is -3.33. The highest BCUT2D eigenvalue weighted by atomic mass is 32.2. The Labute approximate surface area is 84.1 Å². The molecule has 0 unspecified atom stereocenters.